The van der Waals surface area contributed by atoms with E-state index >= 15 is 0 Å². The van der Waals surface area contributed by atoms with E-state index in [1.807, 2.05) is 0 Å². The Balaban J connectivity index is 1.71. The number of amides is 1. The fourth-order valence-corrected chi connectivity index (χ4v) is 10.2. The molecule has 14 heteroatoms. The SMILES string of the molecule is CCCC/C=C\C/C=C\CCCCCCCC(=O)NC(COC1OC(CO)C(OC2OC(CO)C(O)C(O)C2O)C(O)C1O)C(O)CCCCCCCCCCCCCCCCCCCCCCCCCCCC. The first-order chi connectivity index (χ1) is 36.1. The van der Waals surface area contributed by atoms with E-state index in [2.05, 4.69) is 43.5 Å². The highest BCUT2D eigenvalue weighted by Crippen LogP contribution is 2.30. The maximum absolute atomic E-state index is 13.2. The van der Waals surface area contributed by atoms with Gasteiger partial charge in [0.05, 0.1) is 32.0 Å². The molecule has 2 aliphatic heterocycles. The summed E-state index contributed by atoms with van der Waals surface area (Å²) in [6.45, 7) is 2.83. The molecule has 14 nitrogen and oxygen atoms in total. The fraction of sp³-hybridized carbons (Fsp3) is 0.917. The first kappa shape index (κ1) is 68.6. The van der Waals surface area contributed by atoms with Gasteiger partial charge in [-0.3, -0.25) is 4.79 Å². The number of ether oxygens (including phenoxy) is 4. The van der Waals surface area contributed by atoms with Gasteiger partial charge < -0.3 is 65.1 Å². The summed E-state index contributed by atoms with van der Waals surface area (Å²) in [6, 6.07) is -0.835. The molecule has 0 bridgehead atoms. The lowest BCUT2D eigenvalue weighted by atomic mass is 9.97. The number of rotatable bonds is 49. The van der Waals surface area contributed by atoms with Crippen LogP contribution in [0.3, 0.4) is 0 Å². The van der Waals surface area contributed by atoms with Gasteiger partial charge in [-0.15, -0.1) is 0 Å². The van der Waals surface area contributed by atoms with E-state index < -0.39 is 86.8 Å². The Morgan fingerprint density at radius 2 is 0.905 bits per heavy atom. The van der Waals surface area contributed by atoms with Crippen LogP contribution in [0, 0.1) is 0 Å². The summed E-state index contributed by atoms with van der Waals surface area (Å²) in [4.78, 5) is 13.2. The van der Waals surface area contributed by atoms with Gasteiger partial charge in [0.1, 0.15) is 48.8 Å². The van der Waals surface area contributed by atoms with E-state index in [-0.39, 0.29) is 18.9 Å². The van der Waals surface area contributed by atoms with Crippen LogP contribution < -0.4 is 5.32 Å². The topological polar surface area (TPSA) is 228 Å². The third kappa shape index (κ3) is 31.8. The third-order valence-corrected chi connectivity index (χ3v) is 15.2. The van der Waals surface area contributed by atoms with Gasteiger partial charge in [-0.1, -0.05) is 237 Å². The number of allylic oxidation sites excluding steroid dienone is 4. The molecular formula is C60H113NO13. The highest BCUT2D eigenvalue weighted by molar-refractivity contribution is 5.76. The van der Waals surface area contributed by atoms with E-state index in [0.29, 0.717) is 12.8 Å². The van der Waals surface area contributed by atoms with Crippen LogP contribution in [-0.4, -0.2) is 140 Å². The highest BCUT2D eigenvalue weighted by Gasteiger charge is 2.51. The third-order valence-electron chi connectivity index (χ3n) is 15.2. The van der Waals surface area contributed by atoms with E-state index in [4.69, 9.17) is 18.9 Å². The molecule has 2 rings (SSSR count). The monoisotopic (exact) mass is 1060 g/mol. The molecule has 74 heavy (non-hydrogen) atoms. The van der Waals surface area contributed by atoms with E-state index in [0.717, 1.165) is 70.6 Å². The summed E-state index contributed by atoms with van der Waals surface area (Å²) in [7, 11) is 0. The minimum Gasteiger partial charge on any atom is -0.394 e. The Labute approximate surface area is 449 Å². The summed E-state index contributed by atoms with van der Waals surface area (Å²) in [5, 5.41) is 87.2. The lowest BCUT2D eigenvalue weighted by Crippen LogP contribution is -2.65. The van der Waals surface area contributed by atoms with Crippen LogP contribution in [-0.2, 0) is 23.7 Å². The van der Waals surface area contributed by atoms with Crippen molar-refractivity contribution in [2.24, 2.45) is 0 Å². The van der Waals surface area contributed by atoms with Crippen molar-refractivity contribution in [3.05, 3.63) is 24.3 Å². The fourth-order valence-electron chi connectivity index (χ4n) is 10.2. The molecule has 2 aliphatic rings. The summed E-state index contributed by atoms with van der Waals surface area (Å²) in [5.41, 5.74) is 0. The van der Waals surface area contributed by atoms with Gasteiger partial charge in [-0.05, 0) is 38.5 Å². The lowest BCUT2D eigenvalue weighted by Gasteiger charge is -2.46. The molecule has 0 spiro atoms. The lowest BCUT2D eigenvalue weighted by molar-refractivity contribution is -0.359. The summed E-state index contributed by atoms with van der Waals surface area (Å²) in [6.07, 6.45) is 37.6. The van der Waals surface area contributed by atoms with Crippen LogP contribution in [0.5, 0.6) is 0 Å². The average Bonchev–Trinajstić information content (AvgIpc) is 3.40. The number of aliphatic hydroxyl groups excluding tert-OH is 8. The normalized spacial score (nSPS) is 25.3. The molecule has 0 aliphatic carbocycles. The Bertz CT molecular complexity index is 1340. The molecule has 12 atom stereocenters. The first-order valence-electron chi connectivity index (χ1n) is 30.6. The molecule has 9 N–H and O–H groups in total. The molecule has 1 amide bonds. The number of aliphatic hydroxyl groups is 8. The Morgan fingerprint density at radius 1 is 0.486 bits per heavy atom. The van der Waals surface area contributed by atoms with Crippen LogP contribution in [0.1, 0.15) is 258 Å². The van der Waals surface area contributed by atoms with Gasteiger partial charge in [-0.25, -0.2) is 0 Å². The van der Waals surface area contributed by atoms with Crippen molar-refractivity contribution in [2.45, 2.75) is 331 Å². The smallest absolute Gasteiger partial charge is 0.220 e. The van der Waals surface area contributed by atoms with Crippen molar-refractivity contribution in [1.82, 2.24) is 5.32 Å². The zero-order chi connectivity index (χ0) is 53.9. The zero-order valence-electron chi connectivity index (χ0n) is 46.8. The van der Waals surface area contributed by atoms with Crippen molar-refractivity contribution >= 4 is 5.91 Å². The summed E-state index contributed by atoms with van der Waals surface area (Å²) in [5.74, 6) is -0.219. The molecule has 2 heterocycles. The second-order valence-electron chi connectivity index (χ2n) is 21.8. The first-order valence-corrected chi connectivity index (χ1v) is 30.6. The number of nitrogens with one attached hydrogen (secondary N) is 1. The Kier molecular flexibility index (Phi) is 43.0. The zero-order valence-corrected chi connectivity index (χ0v) is 46.8. The van der Waals surface area contributed by atoms with Crippen LogP contribution in [0.25, 0.3) is 0 Å². The molecule has 2 saturated heterocycles. The van der Waals surface area contributed by atoms with Gasteiger partial charge in [0.25, 0.3) is 0 Å². The number of carbonyl (C=O) groups excluding carboxylic acids is 1. The quantitative estimate of drug-likeness (QED) is 0.0204. The van der Waals surface area contributed by atoms with Crippen LogP contribution >= 0.6 is 0 Å². The van der Waals surface area contributed by atoms with Crippen molar-refractivity contribution in [2.75, 3.05) is 19.8 Å². The van der Waals surface area contributed by atoms with Crippen LogP contribution in [0.2, 0.25) is 0 Å². The molecule has 12 unspecified atom stereocenters. The number of hydrogen-bond donors (Lipinski definition) is 9. The standard InChI is InChI=1S/C60H113NO13/c1-3-5-7-9-11-13-15-17-19-20-21-22-23-24-25-26-27-28-29-30-31-33-35-37-39-41-43-49(64)48(61-52(65)44-42-40-38-36-34-32-18-16-14-12-10-8-6-4-2)47-71-59-57(70)55(68)58(51(46-63)73-59)74-60-56(69)54(67)53(66)50(45-62)72-60/h10,12,16,18,48-51,53-60,62-64,66-70H,3-9,11,13-15,17,19-47H2,1-2H3,(H,61,65)/b12-10-,18-16-. The molecule has 0 saturated carbocycles. The maximum Gasteiger partial charge on any atom is 0.220 e. The Morgan fingerprint density at radius 3 is 1.39 bits per heavy atom. The van der Waals surface area contributed by atoms with Gasteiger partial charge in [0, 0.05) is 6.42 Å². The highest BCUT2D eigenvalue weighted by atomic mass is 16.7. The molecule has 436 valence electrons. The van der Waals surface area contributed by atoms with Gasteiger partial charge in [0.15, 0.2) is 12.6 Å². The van der Waals surface area contributed by atoms with E-state index in [1.54, 1.807) is 0 Å². The van der Waals surface area contributed by atoms with Crippen molar-refractivity contribution in [3.8, 4) is 0 Å². The number of carbonyl (C=O) groups is 1. The van der Waals surface area contributed by atoms with Gasteiger partial charge >= 0.3 is 0 Å². The van der Waals surface area contributed by atoms with Crippen molar-refractivity contribution < 1.29 is 64.6 Å². The molecule has 0 radical (unpaired) electrons. The molecular weight excluding hydrogens is 943 g/mol. The Hall–Kier alpha value is -1.53. The second-order valence-corrected chi connectivity index (χ2v) is 21.8. The molecule has 0 aromatic carbocycles. The average molecular weight is 1060 g/mol. The van der Waals surface area contributed by atoms with Crippen molar-refractivity contribution in [3.63, 3.8) is 0 Å². The van der Waals surface area contributed by atoms with Crippen LogP contribution in [0.4, 0.5) is 0 Å². The molecule has 0 aromatic heterocycles. The van der Waals surface area contributed by atoms with E-state index in [9.17, 15) is 45.6 Å². The minimum atomic E-state index is -1.78. The number of hydrogen-bond acceptors (Lipinski definition) is 13. The second kappa shape index (κ2) is 46.4. The maximum atomic E-state index is 13.2. The van der Waals surface area contributed by atoms with Crippen molar-refractivity contribution in [1.29, 1.82) is 0 Å². The van der Waals surface area contributed by atoms with Gasteiger partial charge in [0.2, 0.25) is 5.91 Å². The number of unbranched alkanes of at least 4 members (excludes halogenated alkanes) is 32. The van der Waals surface area contributed by atoms with E-state index in [1.165, 1.54) is 154 Å². The van der Waals surface area contributed by atoms with Crippen LogP contribution in [0.15, 0.2) is 24.3 Å². The summed E-state index contributed by atoms with van der Waals surface area (Å²) < 4.78 is 22.8. The molecule has 0 aromatic rings. The predicted molar refractivity (Wildman–Crippen MR) is 295 cm³/mol. The summed E-state index contributed by atoms with van der Waals surface area (Å²) >= 11 is 0. The predicted octanol–water partition coefficient (Wildman–Crippen LogP) is 10.4. The molecule has 2 fully saturated rings. The van der Waals surface area contributed by atoms with Gasteiger partial charge in [-0.2, -0.15) is 0 Å². The minimum absolute atomic E-state index is 0.219. The largest absolute Gasteiger partial charge is 0.394 e.